The molecule has 0 aliphatic rings. The molecule has 0 fully saturated rings. The van der Waals surface area contributed by atoms with Crippen molar-refractivity contribution in [1.82, 2.24) is 10.8 Å². The molecule has 6 nitrogen and oxygen atoms in total. The molecule has 0 aliphatic heterocycles. The van der Waals surface area contributed by atoms with Crippen LogP contribution in [-0.2, 0) is 14.4 Å². The molecule has 0 aromatic rings. The fraction of sp³-hybridized carbons (Fsp3) is 0.500. The number of carbonyl (C=O) groups is 3. The van der Waals surface area contributed by atoms with Crippen molar-refractivity contribution in [2.45, 2.75) is 13.8 Å². The van der Waals surface area contributed by atoms with E-state index >= 15 is 0 Å². The van der Waals surface area contributed by atoms with E-state index in [4.69, 9.17) is 10.0 Å². The average Bonchev–Trinajstić information content (AvgIpc) is 2.01. The molecule has 0 aromatic heterocycles. The van der Waals surface area contributed by atoms with Crippen LogP contribution in [0.3, 0.4) is 0 Å². The lowest BCUT2D eigenvalue weighted by Crippen LogP contribution is -2.34. The largest absolute Gasteiger partial charge is 0.347 e. The minimum Gasteiger partial charge on any atom is -0.347 e. The number of hydrogen-bond acceptors (Lipinski definition) is 4. The Morgan fingerprint density at radius 3 is 2.17 bits per heavy atom. The van der Waals surface area contributed by atoms with Crippen molar-refractivity contribution in [3.63, 3.8) is 0 Å². The van der Waals surface area contributed by atoms with Crippen LogP contribution in [0, 0.1) is 0 Å². The van der Waals surface area contributed by atoms with Gasteiger partial charge in [0, 0.05) is 6.92 Å². The summed E-state index contributed by atoms with van der Waals surface area (Å²) < 4.78 is 0. The van der Waals surface area contributed by atoms with E-state index in [0.717, 1.165) is 6.29 Å². The Bertz CT molecular complexity index is 158. The lowest BCUT2D eigenvalue weighted by molar-refractivity contribution is -0.130. The Morgan fingerprint density at radius 2 is 1.92 bits per heavy atom. The number of carbonyl (C=O) groups excluding carboxylic acids is 3. The van der Waals surface area contributed by atoms with Gasteiger partial charge in [-0.15, -0.1) is 0 Å². The zero-order valence-electron chi connectivity index (χ0n) is 6.96. The van der Waals surface area contributed by atoms with Gasteiger partial charge in [0.15, 0.2) is 0 Å². The highest BCUT2D eigenvalue weighted by atomic mass is 16.5. The van der Waals surface area contributed by atoms with Crippen molar-refractivity contribution >= 4 is 18.1 Å². The molecule has 0 atom stereocenters. The van der Waals surface area contributed by atoms with E-state index in [-0.39, 0.29) is 12.5 Å². The summed E-state index contributed by atoms with van der Waals surface area (Å²) in [6.07, 6.45) is 0.750. The van der Waals surface area contributed by atoms with Gasteiger partial charge in [-0.25, -0.2) is 5.48 Å². The molecule has 0 heterocycles. The second kappa shape index (κ2) is 9.57. The molecule has 0 spiro atoms. The second-order valence-electron chi connectivity index (χ2n) is 1.68. The maximum Gasteiger partial charge on any atom is 0.262 e. The SMILES string of the molecule is CC(=O)NCC(=O)NO.CC=O. The summed E-state index contributed by atoms with van der Waals surface area (Å²) in [7, 11) is 0. The van der Waals surface area contributed by atoms with Crippen LogP contribution in [0.15, 0.2) is 0 Å². The first kappa shape index (κ1) is 13.2. The third-order valence-electron chi connectivity index (χ3n) is 0.623. The van der Waals surface area contributed by atoms with Gasteiger partial charge in [-0.2, -0.15) is 0 Å². The summed E-state index contributed by atoms with van der Waals surface area (Å²) >= 11 is 0. The highest BCUT2D eigenvalue weighted by Crippen LogP contribution is 1.60. The standard InChI is InChI=1S/C4H8N2O3.C2H4O/c1-3(7)5-2-4(8)6-9;1-2-3/h9H,2H2,1H3,(H,5,7)(H,6,8);2H,1H3. The molecule has 3 N–H and O–H groups in total. The minimum atomic E-state index is -0.634. The molecule has 12 heavy (non-hydrogen) atoms. The van der Waals surface area contributed by atoms with Gasteiger partial charge in [-0.3, -0.25) is 14.8 Å². The quantitative estimate of drug-likeness (QED) is 0.281. The van der Waals surface area contributed by atoms with E-state index in [1.54, 1.807) is 0 Å². The van der Waals surface area contributed by atoms with Crippen LogP contribution in [0.1, 0.15) is 13.8 Å². The van der Waals surface area contributed by atoms with Crippen molar-refractivity contribution < 1.29 is 19.6 Å². The molecule has 70 valence electrons. The Hall–Kier alpha value is -1.43. The molecule has 0 bridgehead atoms. The highest BCUT2D eigenvalue weighted by molar-refractivity contribution is 5.82. The first-order valence-corrected chi connectivity index (χ1v) is 3.15. The monoisotopic (exact) mass is 176 g/mol. The van der Waals surface area contributed by atoms with Crippen LogP contribution in [0.4, 0.5) is 0 Å². The number of nitrogens with one attached hydrogen (secondary N) is 2. The third-order valence-corrected chi connectivity index (χ3v) is 0.623. The maximum absolute atomic E-state index is 10.1. The third kappa shape index (κ3) is 15.8. The zero-order chi connectivity index (χ0) is 9.98. The molecule has 0 aromatic carbocycles. The van der Waals surface area contributed by atoms with Gasteiger partial charge in [0.1, 0.15) is 6.29 Å². The Kier molecular flexibility index (Phi) is 10.5. The number of hydrogen-bond donors (Lipinski definition) is 3. The molecule has 2 amide bonds. The molecule has 0 aliphatic carbocycles. The summed E-state index contributed by atoms with van der Waals surface area (Å²) in [5, 5.41) is 10.1. The fourth-order valence-corrected chi connectivity index (χ4v) is 0.244. The van der Waals surface area contributed by atoms with E-state index in [1.165, 1.54) is 19.3 Å². The first-order chi connectivity index (χ1) is 5.58. The molecule has 0 radical (unpaired) electrons. The topological polar surface area (TPSA) is 95.5 Å². The van der Waals surface area contributed by atoms with Crippen LogP contribution in [0.25, 0.3) is 0 Å². The van der Waals surface area contributed by atoms with Crippen molar-refractivity contribution in [2.24, 2.45) is 0 Å². The van der Waals surface area contributed by atoms with Gasteiger partial charge in [0.2, 0.25) is 5.91 Å². The number of hydroxylamine groups is 1. The molecule has 0 saturated heterocycles. The number of amides is 2. The second-order valence-corrected chi connectivity index (χ2v) is 1.68. The molecule has 6 heteroatoms. The van der Waals surface area contributed by atoms with E-state index in [1.807, 2.05) is 0 Å². The van der Waals surface area contributed by atoms with Crippen molar-refractivity contribution in [3.05, 3.63) is 0 Å². The van der Waals surface area contributed by atoms with Crippen molar-refractivity contribution in [3.8, 4) is 0 Å². The molecule has 0 rings (SSSR count). The zero-order valence-corrected chi connectivity index (χ0v) is 6.96. The summed E-state index contributed by atoms with van der Waals surface area (Å²) in [5.74, 6) is -0.941. The normalized spacial score (nSPS) is 7.25. The van der Waals surface area contributed by atoms with Crippen molar-refractivity contribution in [2.75, 3.05) is 6.54 Å². The van der Waals surface area contributed by atoms with E-state index in [9.17, 15) is 9.59 Å². The van der Waals surface area contributed by atoms with Crippen LogP contribution < -0.4 is 10.8 Å². The van der Waals surface area contributed by atoms with Crippen LogP contribution in [-0.4, -0.2) is 29.9 Å². The average molecular weight is 176 g/mol. The van der Waals surface area contributed by atoms with Gasteiger partial charge >= 0.3 is 0 Å². The predicted octanol–water partition coefficient (Wildman–Crippen LogP) is -1.17. The predicted molar refractivity (Wildman–Crippen MR) is 40.4 cm³/mol. The summed E-state index contributed by atoms with van der Waals surface area (Å²) in [6.45, 7) is 2.54. The Morgan fingerprint density at radius 1 is 1.50 bits per heavy atom. The van der Waals surface area contributed by atoms with Gasteiger partial charge < -0.3 is 10.1 Å². The molecular weight excluding hydrogens is 164 g/mol. The summed E-state index contributed by atoms with van der Waals surface area (Å²) in [5.41, 5.74) is 1.37. The fourth-order valence-electron chi connectivity index (χ4n) is 0.244. The molecular formula is C6H12N2O4. The van der Waals surface area contributed by atoms with Crippen LogP contribution >= 0.6 is 0 Å². The maximum atomic E-state index is 10.1. The smallest absolute Gasteiger partial charge is 0.262 e. The summed E-state index contributed by atoms with van der Waals surface area (Å²) in [4.78, 5) is 29.0. The van der Waals surface area contributed by atoms with Gasteiger partial charge in [-0.05, 0) is 6.92 Å². The van der Waals surface area contributed by atoms with E-state index in [2.05, 4.69) is 5.32 Å². The van der Waals surface area contributed by atoms with Gasteiger partial charge in [0.05, 0.1) is 6.54 Å². The van der Waals surface area contributed by atoms with Crippen LogP contribution in [0.2, 0.25) is 0 Å². The highest BCUT2D eigenvalue weighted by Gasteiger charge is 1.97. The lowest BCUT2D eigenvalue weighted by Gasteiger charge is -1.97. The van der Waals surface area contributed by atoms with Gasteiger partial charge in [0.25, 0.3) is 5.91 Å². The Labute approximate surface area is 69.9 Å². The van der Waals surface area contributed by atoms with E-state index in [0.29, 0.717) is 0 Å². The summed E-state index contributed by atoms with van der Waals surface area (Å²) in [6, 6.07) is 0. The molecule has 0 saturated carbocycles. The molecule has 0 unspecified atom stereocenters. The first-order valence-electron chi connectivity index (χ1n) is 3.15. The van der Waals surface area contributed by atoms with E-state index < -0.39 is 5.91 Å². The number of aldehydes is 1. The minimum absolute atomic E-state index is 0.189. The van der Waals surface area contributed by atoms with Crippen LogP contribution in [0.5, 0.6) is 0 Å². The van der Waals surface area contributed by atoms with Crippen molar-refractivity contribution in [1.29, 1.82) is 0 Å². The van der Waals surface area contributed by atoms with Gasteiger partial charge in [-0.1, -0.05) is 0 Å². The Balaban J connectivity index is 0. The number of rotatable bonds is 2. The lowest BCUT2D eigenvalue weighted by atomic mass is 10.6.